The van der Waals surface area contributed by atoms with Crippen molar-refractivity contribution in [2.75, 3.05) is 39.8 Å². The molecule has 0 aliphatic carbocycles. The number of benzene rings is 2. The average Bonchev–Trinajstić information content (AvgIpc) is 2.87. The molecule has 0 saturated carbocycles. The number of halogens is 1. The Bertz CT molecular complexity index is 1270. The largest absolute Gasteiger partial charge is 0.454 e. The van der Waals surface area contributed by atoms with Crippen molar-refractivity contribution in [2.45, 2.75) is 18.7 Å². The number of aromatic nitrogens is 1. The number of fused-ring (bicyclic) bond motifs is 1. The fourth-order valence-corrected chi connectivity index (χ4v) is 4.31. The molecule has 1 aliphatic rings. The highest BCUT2D eigenvalue weighted by molar-refractivity contribution is 6.30. The summed E-state index contributed by atoms with van der Waals surface area (Å²) in [4.78, 5) is 44.5. The molecule has 1 aromatic heterocycles. The molecule has 2 aromatic carbocycles. The van der Waals surface area contributed by atoms with Crippen molar-refractivity contribution in [3.05, 3.63) is 81.1 Å². The minimum atomic E-state index is -1.21. The van der Waals surface area contributed by atoms with E-state index in [-0.39, 0.29) is 17.9 Å². The van der Waals surface area contributed by atoms with Gasteiger partial charge in [-0.3, -0.25) is 19.7 Å². The Kier molecular flexibility index (Phi) is 8.37. The number of rotatable bonds is 8. The molecular formula is C26H29ClN4O5. The molecule has 9 nitrogen and oxygen atoms in total. The van der Waals surface area contributed by atoms with Crippen LogP contribution in [0.25, 0.3) is 10.9 Å². The van der Waals surface area contributed by atoms with Gasteiger partial charge >= 0.3 is 5.97 Å². The van der Waals surface area contributed by atoms with Gasteiger partial charge in [0.15, 0.2) is 6.61 Å². The van der Waals surface area contributed by atoms with E-state index in [4.69, 9.17) is 16.3 Å². The van der Waals surface area contributed by atoms with E-state index in [0.717, 1.165) is 18.5 Å². The molecule has 3 aromatic rings. The first-order chi connectivity index (χ1) is 17.3. The summed E-state index contributed by atoms with van der Waals surface area (Å²) in [6.07, 6.45) is -1.14. The van der Waals surface area contributed by atoms with Crippen molar-refractivity contribution < 1.29 is 19.4 Å². The predicted molar refractivity (Wildman–Crippen MR) is 137 cm³/mol. The molecule has 10 heteroatoms. The molecule has 0 radical (unpaired) electrons. The first kappa shape index (κ1) is 25.8. The number of aromatic amines is 1. The summed E-state index contributed by atoms with van der Waals surface area (Å²) >= 11 is 5.95. The van der Waals surface area contributed by atoms with Crippen molar-refractivity contribution in [1.29, 1.82) is 0 Å². The molecular weight excluding hydrogens is 484 g/mol. The first-order valence-corrected chi connectivity index (χ1v) is 12.1. The van der Waals surface area contributed by atoms with Gasteiger partial charge in [0.2, 0.25) is 5.56 Å². The fourth-order valence-electron chi connectivity index (χ4n) is 4.19. The number of pyridine rings is 1. The number of likely N-dealkylation sites (N-methyl/N-ethyl adjacent to an activating group) is 1. The second kappa shape index (κ2) is 11.7. The van der Waals surface area contributed by atoms with Gasteiger partial charge in [-0.05, 0) is 42.8 Å². The van der Waals surface area contributed by atoms with Gasteiger partial charge in [0.1, 0.15) is 12.3 Å². The van der Waals surface area contributed by atoms with E-state index < -0.39 is 24.8 Å². The third-order valence-corrected chi connectivity index (χ3v) is 6.54. The van der Waals surface area contributed by atoms with Gasteiger partial charge < -0.3 is 24.6 Å². The molecule has 1 amide bonds. The van der Waals surface area contributed by atoms with Gasteiger partial charge in [0, 0.05) is 48.2 Å². The summed E-state index contributed by atoms with van der Waals surface area (Å²) < 4.78 is 5.39. The Morgan fingerprint density at radius 2 is 1.81 bits per heavy atom. The van der Waals surface area contributed by atoms with E-state index in [0.29, 0.717) is 34.8 Å². The van der Waals surface area contributed by atoms with Crippen LogP contribution in [0.4, 0.5) is 0 Å². The van der Waals surface area contributed by atoms with Crippen LogP contribution >= 0.6 is 11.6 Å². The zero-order valence-electron chi connectivity index (χ0n) is 19.9. The second-order valence-corrected chi connectivity index (χ2v) is 9.31. The SMILES string of the molecule is CN1CCN(C(=O)COC(=O)C(Cc2cc(=O)[nH]c3ccccc23)NC(O)c2ccc(Cl)cc2)CC1. The van der Waals surface area contributed by atoms with Crippen LogP contribution < -0.4 is 10.9 Å². The van der Waals surface area contributed by atoms with Crippen LogP contribution in [0.3, 0.4) is 0 Å². The van der Waals surface area contributed by atoms with Crippen LogP contribution in [0.1, 0.15) is 17.4 Å². The Labute approximate surface area is 213 Å². The number of carbonyl (C=O) groups excluding carboxylic acids is 2. The van der Waals surface area contributed by atoms with Crippen molar-refractivity contribution in [3.63, 3.8) is 0 Å². The van der Waals surface area contributed by atoms with Gasteiger partial charge in [-0.2, -0.15) is 0 Å². The number of piperazine rings is 1. The van der Waals surface area contributed by atoms with E-state index >= 15 is 0 Å². The number of nitrogens with zero attached hydrogens (tertiary/aromatic N) is 2. The van der Waals surface area contributed by atoms with E-state index in [1.54, 1.807) is 41.3 Å². The number of amides is 1. The summed E-state index contributed by atoms with van der Waals surface area (Å²) in [6.45, 7) is 2.26. The molecule has 2 atom stereocenters. The van der Waals surface area contributed by atoms with E-state index in [9.17, 15) is 19.5 Å². The maximum Gasteiger partial charge on any atom is 0.324 e. The minimum absolute atomic E-state index is 0.0661. The summed E-state index contributed by atoms with van der Waals surface area (Å²) in [5.74, 6) is -0.968. The molecule has 36 heavy (non-hydrogen) atoms. The van der Waals surface area contributed by atoms with Gasteiger partial charge in [-0.25, -0.2) is 0 Å². The van der Waals surface area contributed by atoms with E-state index in [1.165, 1.54) is 6.07 Å². The molecule has 1 saturated heterocycles. The Balaban J connectivity index is 1.52. The maximum absolute atomic E-state index is 13.1. The number of aliphatic hydroxyl groups is 1. The Hall–Kier alpha value is -3.24. The smallest absolute Gasteiger partial charge is 0.324 e. The summed E-state index contributed by atoms with van der Waals surface area (Å²) in [7, 11) is 1.99. The number of hydrogen-bond acceptors (Lipinski definition) is 7. The lowest BCUT2D eigenvalue weighted by molar-refractivity contribution is -0.155. The van der Waals surface area contributed by atoms with Crippen LogP contribution in [0.2, 0.25) is 5.02 Å². The molecule has 3 N–H and O–H groups in total. The normalized spacial score (nSPS) is 16.0. The highest BCUT2D eigenvalue weighted by atomic mass is 35.5. The second-order valence-electron chi connectivity index (χ2n) is 8.87. The average molecular weight is 513 g/mol. The standard InChI is InChI=1S/C26H29ClN4O5/c1-30-10-12-31(13-11-30)24(33)16-36-26(35)22(29-25(34)17-6-8-19(27)9-7-17)14-18-15-23(32)28-21-5-3-2-4-20(18)21/h2-9,15,22,25,29,34H,10-14,16H2,1H3,(H,28,32). The zero-order chi connectivity index (χ0) is 25.7. The lowest BCUT2D eigenvalue weighted by atomic mass is 10.0. The first-order valence-electron chi connectivity index (χ1n) is 11.7. The lowest BCUT2D eigenvalue weighted by Crippen LogP contribution is -2.49. The minimum Gasteiger partial charge on any atom is -0.454 e. The number of hydrogen-bond donors (Lipinski definition) is 3. The third-order valence-electron chi connectivity index (χ3n) is 6.28. The number of H-pyrrole nitrogens is 1. The number of esters is 1. The topological polar surface area (TPSA) is 115 Å². The van der Waals surface area contributed by atoms with Crippen molar-refractivity contribution >= 4 is 34.4 Å². The number of carbonyl (C=O) groups is 2. The van der Waals surface area contributed by atoms with E-state index in [2.05, 4.69) is 15.2 Å². The molecule has 2 heterocycles. The Morgan fingerprint density at radius 3 is 2.53 bits per heavy atom. The molecule has 0 bridgehead atoms. The number of aliphatic hydroxyl groups excluding tert-OH is 1. The maximum atomic E-state index is 13.1. The Morgan fingerprint density at radius 1 is 1.11 bits per heavy atom. The zero-order valence-corrected chi connectivity index (χ0v) is 20.7. The van der Waals surface area contributed by atoms with Crippen LogP contribution in [0, 0.1) is 0 Å². The highest BCUT2D eigenvalue weighted by Gasteiger charge is 2.27. The van der Waals surface area contributed by atoms with E-state index in [1.807, 2.05) is 19.2 Å². The molecule has 1 aliphatic heterocycles. The quantitative estimate of drug-likeness (QED) is 0.311. The monoisotopic (exact) mass is 512 g/mol. The van der Waals surface area contributed by atoms with Crippen molar-refractivity contribution in [1.82, 2.24) is 20.1 Å². The van der Waals surface area contributed by atoms with Crippen LogP contribution in [0.15, 0.2) is 59.4 Å². The molecule has 4 rings (SSSR count). The fraction of sp³-hybridized carbons (Fsp3) is 0.346. The molecule has 1 fully saturated rings. The van der Waals surface area contributed by atoms with Crippen LogP contribution in [-0.4, -0.2) is 77.6 Å². The molecule has 2 unspecified atom stereocenters. The van der Waals surface area contributed by atoms with Crippen molar-refractivity contribution in [3.8, 4) is 0 Å². The van der Waals surface area contributed by atoms with Crippen LogP contribution in [0.5, 0.6) is 0 Å². The van der Waals surface area contributed by atoms with Crippen molar-refractivity contribution in [2.24, 2.45) is 0 Å². The highest BCUT2D eigenvalue weighted by Crippen LogP contribution is 2.19. The van der Waals surface area contributed by atoms with Gasteiger partial charge in [-0.1, -0.05) is 41.9 Å². The third kappa shape index (κ3) is 6.50. The number of para-hydroxylation sites is 1. The van der Waals surface area contributed by atoms with Gasteiger partial charge in [0.25, 0.3) is 5.91 Å². The number of ether oxygens (including phenoxy) is 1. The lowest BCUT2D eigenvalue weighted by Gasteiger charge is -2.32. The van der Waals surface area contributed by atoms with Gasteiger partial charge in [0.05, 0.1) is 0 Å². The predicted octanol–water partition coefficient (Wildman–Crippen LogP) is 1.69. The summed E-state index contributed by atoms with van der Waals surface area (Å²) in [6, 6.07) is 14.2. The summed E-state index contributed by atoms with van der Waals surface area (Å²) in [5, 5.41) is 14.9. The van der Waals surface area contributed by atoms with Crippen LogP contribution in [-0.2, 0) is 20.7 Å². The molecule has 190 valence electrons. The molecule has 0 spiro atoms. The summed E-state index contributed by atoms with van der Waals surface area (Å²) in [5.41, 5.74) is 1.44. The van der Waals surface area contributed by atoms with Gasteiger partial charge in [-0.15, -0.1) is 0 Å². The number of nitrogens with one attached hydrogen (secondary N) is 2.